The van der Waals surface area contributed by atoms with E-state index in [9.17, 15) is 13.5 Å². The monoisotopic (exact) mass is 286 g/mol. The third-order valence-electron chi connectivity index (χ3n) is 2.45. The Hall–Kier alpha value is -1.37. The van der Waals surface area contributed by atoms with E-state index in [0.717, 1.165) is 6.26 Å². The van der Waals surface area contributed by atoms with Crippen LogP contribution in [0.15, 0.2) is 35.5 Å². The number of hydrogen-bond acceptors (Lipinski definition) is 4. The molecule has 0 atom stereocenters. The van der Waals surface area contributed by atoms with Gasteiger partial charge in [0.15, 0.2) is 9.84 Å². The van der Waals surface area contributed by atoms with Crippen LogP contribution in [0.4, 0.5) is 0 Å². The van der Waals surface area contributed by atoms with Gasteiger partial charge < -0.3 is 5.11 Å². The van der Waals surface area contributed by atoms with Crippen molar-refractivity contribution in [2.24, 2.45) is 0 Å². The lowest BCUT2D eigenvalue weighted by Gasteiger charge is -2.07. The van der Waals surface area contributed by atoms with Gasteiger partial charge in [0, 0.05) is 23.0 Å². The van der Waals surface area contributed by atoms with Crippen LogP contribution in [0.25, 0.3) is 5.69 Å². The van der Waals surface area contributed by atoms with Gasteiger partial charge in [0.2, 0.25) is 0 Å². The van der Waals surface area contributed by atoms with Crippen molar-refractivity contribution in [1.29, 1.82) is 0 Å². The van der Waals surface area contributed by atoms with Crippen LogP contribution in [-0.4, -0.2) is 29.6 Å². The standard InChI is InChI=1S/C11H11ClN2O3S/c1-18(16,17)10-5-13-14(6-10)11-4-9(12)3-2-8(11)7-15/h2-6,15H,7H2,1H3. The number of benzene rings is 1. The van der Waals surface area contributed by atoms with Gasteiger partial charge in [0.1, 0.15) is 4.90 Å². The van der Waals surface area contributed by atoms with E-state index in [0.29, 0.717) is 16.3 Å². The van der Waals surface area contributed by atoms with E-state index in [1.165, 1.54) is 17.1 Å². The van der Waals surface area contributed by atoms with E-state index < -0.39 is 9.84 Å². The number of halogens is 1. The number of hydrogen-bond donors (Lipinski definition) is 1. The first-order chi connectivity index (χ1) is 8.41. The Morgan fingerprint density at radius 1 is 1.44 bits per heavy atom. The molecule has 2 rings (SSSR count). The predicted octanol–water partition coefficient (Wildman–Crippen LogP) is 1.42. The Morgan fingerprint density at radius 3 is 2.72 bits per heavy atom. The minimum absolute atomic E-state index is 0.117. The highest BCUT2D eigenvalue weighted by Gasteiger charge is 2.12. The molecule has 1 N–H and O–H groups in total. The van der Waals surface area contributed by atoms with Gasteiger partial charge in [-0.15, -0.1) is 0 Å². The Morgan fingerprint density at radius 2 is 2.17 bits per heavy atom. The van der Waals surface area contributed by atoms with Gasteiger partial charge in [-0.25, -0.2) is 13.1 Å². The molecule has 1 heterocycles. The topological polar surface area (TPSA) is 72.2 Å². The predicted molar refractivity (Wildman–Crippen MR) is 67.6 cm³/mol. The highest BCUT2D eigenvalue weighted by atomic mass is 35.5. The smallest absolute Gasteiger partial charge is 0.178 e. The normalized spacial score (nSPS) is 11.7. The molecule has 0 aliphatic heterocycles. The summed E-state index contributed by atoms with van der Waals surface area (Å²) >= 11 is 5.88. The summed E-state index contributed by atoms with van der Waals surface area (Å²) in [5.41, 5.74) is 1.17. The number of aliphatic hydroxyl groups is 1. The van der Waals surface area contributed by atoms with Crippen LogP contribution in [0, 0.1) is 0 Å². The van der Waals surface area contributed by atoms with Gasteiger partial charge in [-0.2, -0.15) is 5.10 Å². The van der Waals surface area contributed by atoms with Gasteiger partial charge in [-0.05, 0) is 12.1 Å². The molecule has 7 heteroatoms. The van der Waals surface area contributed by atoms with Gasteiger partial charge in [0.25, 0.3) is 0 Å². The Kier molecular flexibility index (Phi) is 3.43. The van der Waals surface area contributed by atoms with Gasteiger partial charge >= 0.3 is 0 Å². The van der Waals surface area contributed by atoms with E-state index in [1.54, 1.807) is 18.2 Å². The van der Waals surface area contributed by atoms with Gasteiger partial charge in [-0.1, -0.05) is 17.7 Å². The van der Waals surface area contributed by atoms with Crippen LogP contribution in [0.3, 0.4) is 0 Å². The van der Waals surface area contributed by atoms with Crippen LogP contribution in [0.5, 0.6) is 0 Å². The molecule has 1 aromatic carbocycles. The summed E-state index contributed by atoms with van der Waals surface area (Å²) in [4.78, 5) is 0.117. The van der Waals surface area contributed by atoms with E-state index >= 15 is 0 Å². The molecule has 0 amide bonds. The fourth-order valence-corrected chi connectivity index (χ4v) is 2.21. The molecular weight excluding hydrogens is 276 g/mol. The summed E-state index contributed by atoms with van der Waals surface area (Å²) in [5, 5.41) is 13.7. The van der Waals surface area contributed by atoms with Crippen molar-refractivity contribution in [3.8, 4) is 5.69 Å². The van der Waals surface area contributed by atoms with E-state index in [2.05, 4.69) is 5.10 Å². The molecule has 5 nitrogen and oxygen atoms in total. The Labute approximate surface area is 110 Å². The molecule has 0 radical (unpaired) electrons. The fourth-order valence-electron chi connectivity index (χ4n) is 1.51. The molecule has 96 valence electrons. The number of rotatable bonds is 3. The first-order valence-corrected chi connectivity index (χ1v) is 7.33. The second-order valence-corrected chi connectivity index (χ2v) is 6.28. The summed E-state index contributed by atoms with van der Waals surface area (Å²) in [6.45, 7) is -0.180. The van der Waals surface area contributed by atoms with Crippen LogP contribution in [0.2, 0.25) is 5.02 Å². The van der Waals surface area contributed by atoms with Crippen LogP contribution < -0.4 is 0 Å². The number of aromatic nitrogens is 2. The summed E-state index contributed by atoms with van der Waals surface area (Å²) in [7, 11) is -3.30. The summed E-state index contributed by atoms with van der Waals surface area (Å²) in [6.07, 6.45) is 3.76. The lowest BCUT2D eigenvalue weighted by Crippen LogP contribution is -2.00. The minimum atomic E-state index is -3.30. The molecule has 0 fully saturated rings. The third-order valence-corrected chi connectivity index (χ3v) is 3.75. The molecular formula is C11H11ClN2O3S. The molecule has 0 spiro atoms. The Bertz CT molecular complexity index is 679. The summed E-state index contributed by atoms with van der Waals surface area (Å²) in [5.74, 6) is 0. The number of nitrogens with zero attached hydrogens (tertiary/aromatic N) is 2. The maximum atomic E-state index is 11.4. The highest BCUT2D eigenvalue weighted by Crippen LogP contribution is 2.21. The molecule has 0 aliphatic rings. The Balaban J connectivity index is 2.55. The fraction of sp³-hybridized carbons (Fsp3) is 0.182. The molecule has 18 heavy (non-hydrogen) atoms. The van der Waals surface area contributed by atoms with E-state index in [1.807, 2.05) is 0 Å². The molecule has 0 saturated heterocycles. The first-order valence-electron chi connectivity index (χ1n) is 5.06. The van der Waals surface area contributed by atoms with Crippen molar-refractivity contribution in [2.75, 3.05) is 6.26 Å². The summed E-state index contributed by atoms with van der Waals surface area (Å²) < 4.78 is 24.1. The second kappa shape index (κ2) is 4.72. The van der Waals surface area contributed by atoms with E-state index in [-0.39, 0.29) is 11.5 Å². The molecule has 1 aromatic heterocycles. The lowest BCUT2D eigenvalue weighted by molar-refractivity contribution is 0.281. The zero-order valence-electron chi connectivity index (χ0n) is 9.54. The van der Waals surface area contributed by atoms with Crippen molar-refractivity contribution < 1.29 is 13.5 Å². The maximum absolute atomic E-state index is 11.4. The zero-order chi connectivity index (χ0) is 13.3. The first kappa shape index (κ1) is 13.1. The van der Waals surface area contributed by atoms with Gasteiger partial charge in [0.05, 0.1) is 18.5 Å². The quantitative estimate of drug-likeness (QED) is 0.926. The van der Waals surface area contributed by atoms with Crippen molar-refractivity contribution in [1.82, 2.24) is 9.78 Å². The van der Waals surface area contributed by atoms with Crippen molar-refractivity contribution in [3.63, 3.8) is 0 Å². The lowest BCUT2D eigenvalue weighted by atomic mass is 10.2. The zero-order valence-corrected chi connectivity index (χ0v) is 11.1. The minimum Gasteiger partial charge on any atom is -0.392 e. The average molecular weight is 287 g/mol. The van der Waals surface area contributed by atoms with Crippen molar-refractivity contribution in [3.05, 3.63) is 41.2 Å². The second-order valence-electron chi connectivity index (χ2n) is 3.82. The maximum Gasteiger partial charge on any atom is 0.178 e. The number of sulfone groups is 1. The van der Waals surface area contributed by atoms with Crippen LogP contribution >= 0.6 is 11.6 Å². The molecule has 0 aliphatic carbocycles. The largest absolute Gasteiger partial charge is 0.392 e. The average Bonchev–Trinajstić information content (AvgIpc) is 2.77. The highest BCUT2D eigenvalue weighted by molar-refractivity contribution is 7.90. The van der Waals surface area contributed by atoms with Crippen molar-refractivity contribution in [2.45, 2.75) is 11.5 Å². The molecule has 0 bridgehead atoms. The van der Waals surface area contributed by atoms with Crippen LogP contribution in [0.1, 0.15) is 5.56 Å². The summed E-state index contributed by atoms with van der Waals surface area (Å²) in [6, 6.07) is 4.93. The van der Waals surface area contributed by atoms with Crippen LogP contribution in [-0.2, 0) is 16.4 Å². The molecule has 0 unspecified atom stereocenters. The van der Waals surface area contributed by atoms with Gasteiger partial charge in [-0.3, -0.25) is 0 Å². The SMILES string of the molecule is CS(=O)(=O)c1cnn(-c2cc(Cl)ccc2CO)c1. The van der Waals surface area contributed by atoms with Crippen molar-refractivity contribution >= 4 is 21.4 Å². The molecule has 0 saturated carbocycles. The van der Waals surface area contributed by atoms with E-state index in [4.69, 9.17) is 11.6 Å². The number of aliphatic hydroxyl groups excluding tert-OH is 1. The third kappa shape index (κ3) is 2.55. The molecule has 2 aromatic rings.